The highest BCUT2D eigenvalue weighted by atomic mass is 16.2. The van der Waals surface area contributed by atoms with Crippen molar-refractivity contribution in [3.63, 3.8) is 0 Å². The first-order valence-corrected chi connectivity index (χ1v) is 9.95. The van der Waals surface area contributed by atoms with Crippen molar-refractivity contribution in [2.75, 3.05) is 6.54 Å². The molecule has 1 unspecified atom stereocenters. The van der Waals surface area contributed by atoms with Gasteiger partial charge in [0.25, 0.3) is 0 Å². The zero-order chi connectivity index (χ0) is 18.6. The molecule has 0 bridgehead atoms. The molecule has 0 radical (unpaired) electrons. The van der Waals surface area contributed by atoms with Crippen LogP contribution in [0.15, 0.2) is 60.8 Å². The molecule has 1 amide bonds. The summed E-state index contributed by atoms with van der Waals surface area (Å²) in [6, 6.07) is 19.1. The third-order valence-electron chi connectivity index (χ3n) is 5.60. The molecule has 0 saturated heterocycles. The van der Waals surface area contributed by atoms with Crippen molar-refractivity contribution in [1.29, 1.82) is 0 Å². The minimum atomic E-state index is 0.222. The average molecular weight is 358 g/mol. The molecule has 3 aromatic rings. The molecule has 1 heterocycles. The van der Waals surface area contributed by atoms with Crippen molar-refractivity contribution in [3.8, 4) is 0 Å². The molecule has 2 aromatic carbocycles. The predicted molar refractivity (Wildman–Crippen MR) is 110 cm³/mol. The van der Waals surface area contributed by atoms with Gasteiger partial charge in [0.2, 0.25) is 5.91 Å². The lowest BCUT2D eigenvalue weighted by molar-refractivity contribution is -0.133. The van der Waals surface area contributed by atoms with E-state index < -0.39 is 0 Å². The van der Waals surface area contributed by atoms with Gasteiger partial charge in [0.1, 0.15) is 0 Å². The van der Waals surface area contributed by atoms with Crippen LogP contribution in [0.2, 0.25) is 0 Å². The van der Waals surface area contributed by atoms with Gasteiger partial charge in [0.05, 0.1) is 11.9 Å². The summed E-state index contributed by atoms with van der Waals surface area (Å²) in [5, 5.41) is 1.09. The van der Waals surface area contributed by atoms with E-state index in [1.165, 1.54) is 11.1 Å². The van der Waals surface area contributed by atoms with E-state index in [0.29, 0.717) is 12.5 Å². The minimum Gasteiger partial charge on any atom is -0.339 e. The summed E-state index contributed by atoms with van der Waals surface area (Å²) in [4.78, 5) is 19.9. The van der Waals surface area contributed by atoms with Gasteiger partial charge in [-0.1, -0.05) is 55.5 Å². The van der Waals surface area contributed by atoms with E-state index in [9.17, 15) is 4.79 Å². The van der Waals surface area contributed by atoms with Crippen LogP contribution in [0.3, 0.4) is 0 Å². The number of aryl methyl sites for hydroxylation is 1. The number of benzene rings is 2. The smallest absolute Gasteiger partial charge is 0.227 e. The molecule has 0 aliphatic heterocycles. The van der Waals surface area contributed by atoms with Gasteiger partial charge < -0.3 is 4.90 Å². The SMILES string of the molecule is CCCN(C(=O)Cc1cccc2cccnc12)C1CCc2ccccc2C1. The Hall–Kier alpha value is -2.68. The number of hydrogen-bond donors (Lipinski definition) is 0. The molecule has 1 aromatic heterocycles. The van der Waals surface area contributed by atoms with Gasteiger partial charge in [-0.3, -0.25) is 9.78 Å². The van der Waals surface area contributed by atoms with Crippen molar-refractivity contribution < 1.29 is 4.79 Å². The Labute approximate surface area is 161 Å². The van der Waals surface area contributed by atoms with Crippen LogP contribution in [0.25, 0.3) is 10.9 Å². The molecule has 0 N–H and O–H groups in total. The van der Waals surface area contributed by atoms with E-state index in [2.05, 4.69) is 53.2 Å². The molecular weight excluding hydrogens is 332 g/mol. The summed E-state index contributed by atoms with van der Waals surface area (Å²) < 4.78 is 0. The average Bonchev–Trinajstić information content (AvgIpc) is 2.72. The molecule has 0 saturated carbocycles. The second-order valence-corrected chi connectivity index (χ2v) is 7.42. The van der Waals surface area contributed by atoms with Gasteiger partial charge in [0, 0.05) is 24.2 Å². The number of nitrogens with zero attached hydrogens (tertiary/aromatic N) is 2. The molecular formula is C24H26N2O. The van der Waals surface area contributed by atoms with E-state index in [1.807, 2.05) is 18.2 Å². The second kappa shape index (κ2) is 7.91. The standard InChI is InChI=1S/C24H26N2O/c1-2-15-26(22-13-12-18-7-3-4-8-20(18)16-22)23(27)17-21-10-5-9-19-11-6-14-25-24(19)21/h3-11,14,22H,2,12-13,15-17H2,1H3. The molecule has 4 rings (SSSR count). The van der Waals surface area contributed by atoms with Crippen LogP contribution in [-0.2, 0) is 24.1 Å². The van der Waals surface area contributed by atoms with Crippen LogP contribution in [-0.4, -0.2) is 28.4 Å². The summed E-state index contributed by atoms with van der Waals surface area (Å²) in [5.41, 5.74) is 4.81. The monoisotopic (exact) mass is 358 g/mol. The minimum absolute atomic E-state index is 0.222. The van der Waals surface area contributed by atoms with E-state index >= 15 is 0 Å². The highest BCUT2D eigenvalue weighted by Gasteiger charge is 2.27. The lowest BCUT2D eigenvalue weighted by Crippen LogP contribution is -2.44. The van der Waals surface area contributed by atoms with Crippen LogP contribution >= 0.6 is 0 Å². The predicted octanol–water partition coefficient (Wildman–Crippen LogP) is 4.57. The van der Waals surface area contributed by atoms with Crippen molar-refractivity contribution in [2.45, 2.75) is 45.1 Å². The number of carbonyl (C=O) groups excluding carboxylic acids is 1. The Kier molecular flexibility index (Phi) is 5.19. The largest absolute Gasteiger partial charge is 0.339 e. The zero-order valence-electron chi connectivity index (χ0n) is 15.9. The summed E-state index contributed by atoms with van der Waals surface area (Å²) in [6.45, 7) is 2.97. The highest BCUT2D eigenvalue weighted by molar-refractivity contribution is 5.87. The molecule has 1 atom stereocenters. The fourth-order valence-electron chi connectivity index (χ4n) is 4.27. The number of aromatic nitrogens is 1. The summed E-state index contributed by atoms with van der Waals surface area (Å²) in [6.07, 6.45) is 6.29. The van der Waals surface area contributed by atoms with Gasteiger partial charge in [-0.25, -0.2) is 0 Å². The fourth-order valence-corrected chi connectivity index (χ4v) is 4.27. The van der Waals surface area contributed by atoms with Gasteiger partial charge in [-0.15, -0.1) is 0 Å². The summed E-state index contributed by atoms with van der Waals surface area (Å²) >= 11 is 0. The zero-order valence-corrected chi connectivity index (χ0v) is 15.9. The Morgan fingerprint density at radius 2 is 1.89 bits per heavy atom. The van der Waals surface area contributed by atoms with Crippen LogP contribution in [0, 0.1) is 0 Å². The topological polar surface area (TPSA) is 33.2 Å². The molecule has 0 fully saturated rings. The number of fused-ring (bicyclic) bond motifs is 2. The number of para-hydroxylation sites is 1. The molecule has 1 aliphatic carbocycles. The van der Waals surface area contributed by atoms with Gasteiger partial charge in [-0.05, 0) is 48.4 Å². The third-order valence-corrected chi connectivity index (χ3v) is 5.60. The molecule has 1 aliphatic rings. The molecule has 3 heteroatoms. The molecule has 0 spiro atoms. The maximum absolute atomic E-state index is 13.3. The van der Waals surface area contributed by atoms with E-state index in [4.69, 9.17) is 0 Å². The maximum Gasteiger partial charge on any atom is 0.227 e. The molecule has 27 heavy (non-hydrogen) atoms. The maximum atomic E-state index is 13.3. The Bertz CT molecular complexity index is 945. The lowest BCUT2D eigenvalue weighted by atomic mass is 9.87. The normalized spacial score (nSPS) is 16.1. The third kappa shape index (κ3) is 3.73. The van der Waals surface area contributed by atoms with Crippen LogP contribution < -0.4 is 0 Å². The van der Waals surface area contributed by atoms with Gasteiger partial charge in [-0.2, -0.15) is 0 Å². The summed E-state index contributed by atoms with van der Waals surface area (Å²) in [7, 11) is 0. The number of pyridine rings is 1. The number of rotatable bonds is 5. The van der Waals surface area contributed by atoms with Crippen molar-refractivity contribution in [2.24, 2.45) is 0 Å². The van der Waals surface area contributed by atoms with Crippen molar-refractivity contribution in [3.05, 3.63) is 77.5 Å². The lowest BCUT2D eigenvalue weighted by Gasteiger charge is -2.35. The first-order valence-electron chi connectivity index (χ1n) is 9.95. The molecule has 138 valence electrons. The summed E-state index contributed by atoms with van der Waals surface area (Å²) in [5.74, 6) is 0.222. The van der Waals surface area contributed by atoms with E-state index in [0.717, 1.165) is 48.7 Å². The van der Waals surface area contributed by atoms with E-state index in [-0.39, 0.29) is 5.91 Å². The van der Waals surface area contributed by atoms with Crippen LogP contribution in [0.1, 0.15) is 36.5 Å². The van der Waals surface area contributed by atoms with E-state index in [1.54, 1.807) is 6.20 Å². The fraction of sp³-hybridized carbons (Fsp3) is 0.333. The highest BCUT2D eigenvalue weighted by Crippen LogP contribution is 2.26. The first-order chi connectivity index (χ1) is 13.3. The number of hydrogen-bond acceptors (Lipinski definition) is 2. The number of carbonyl (C=O) groups is 1. The van der Waals surface area contributed by atoms with Gasteiger partial charge >= 0.3 is 0 Å². The van der Waals surface area contributed by atoms with Crippen molar-refractivity contribution >= 4 is 16.8 Å². The van der Waals surface area contributed by atoms with Gasteiger partial charge in [0.15, 0.2) is 0 Å². The van der Waals surface area contributed by atoms with Crippen LogP contribution in [0.5, 0.6) is 0 Å². The Balaban J connectivity index is 1.56. The Morgan fingerprint density at radius 1 is 1.07 bits per heavy atom. The van der Waals surface area contributed by atoms with Crippen molar-refractivity contribution in [1.82, 2.24) is 9.88 Å². The Morgan fingerprint density at radius 3 is 2.74 bits per heavy atom. The quantitative estimate of drug-likeness (QED) is 0.669. The van der Waals surface area contributed by atoms with Crippen LogP contribution in [0.4, 0.5) is 0 Å². The number of amides is 1. The second-order valence-electron chi connectivity index (χ2n) is 7.42. The molecule has 3 nitrogen and oxygen atoms in total. The first kappa shape index (κ1) is 17.7.